The zero-order valence-corrected chi connectivity index (χ0v) is 15.7. The highest BCUT2D eigenvalue weighted by Gasteiger charge is 2.16. The SMILES string of the molecule is Cc1nc2c3ccccc3nn2c(C)c1CCC(=O)OCC(=O)c1ccc[nH]1. The zero-order chi connectivity index (χ0) is 19.7. The average molecular weight is 376 g/mol. The number of nitrogens with zero attached hydrogens (tertiary/aromatic N) is 3. The number of H-pyrrole nitrogens is 1. The second-order valence-electron chi connectivity index (χ2n) is 6.68. The predicted molar refractivity (Wildman–Crippen MR) is 104 cm³/mol. The third-order valence-corrected chi connectivity index (χ3v) is 4.86. The Labute approximate surface area is 161 Å². The Morgan fingerprint density at radius 3 is 2.75 bits per heavy atom. The lowest BCUT2D eigenvalue weighted by Gasteiger charge is -2.11. The molecule has 1 aromatic carbocycles. The van der Waals surface area contributed by atoms with Crippen LogP contribution in [0.2, 0.25) is 0 Å². The fraction of sp³-hybridized carbons (Fsp3) is 0.238. The number of carbonyl (C=O) groups excluding carboxylic acids is 2. The smallest absolute Gasteiger partial charge is 0.306 e. The third-order valence-electron chi connectivity index (χ3n) is 4.86. The Hall–Kier alpha value is -3.48. The summed E-state index contributed by atoms with van der Waals surface area (Å²) in [6.07, 6.45) is 2.31. The number of rotatable bonds is 6. The largest absolute Gasteiger partial charge is 0.457 e. The van der Waals surface area contributed by atoms with E-state index in [1.807, 2.05) is 42.6 Å². The summed E-state index contributed by atoms with van der Waals surface area (Å²) in [4.78, 5) is 31.5. The average Bonchev–Trinajstić information content (AvgIpc) is 3.34. The van der Waals surface area contributed by atoms with Crippen LogP contribution in [-0.2, 0) is 16.0 Å². The molecule has 0 spiro atoms. The quantitative estimate of drug-likeness (QED) is 0.412. The minimum Gasteiger partial charge on any atom is -0.457 e. The Balaban J connectivity index is 1.48. The summed E-state index contributed by atoms with van der Waals surface area (Å²) in [7, 11) is 0. The summed E-state index contributed by atoms with van der Waals surface area (Å²) in [5, 5.41) is 5.62. The van der Waals surface area contributed by atoms with Gasteiger partial charge in [-0.1, -0.05) is 12.1 Å². The third kappa shape index (κ3) is 3.26. The van der Waals surface area contributed by atoms with Crippen molar-refractivity contribution in [1.82, 2.24) is 19.6 Å². The number of ether oxygens (including phenoxy) is 1. The molecule has 3 heterocycles. The van der Waals surface area contributed by atoms with Crippen LogP contribution in [0.15, 0.2) is 42.6 Å². The Kier molecular flexibility index (Phi) is 4.65. The van der Waals surface area contributed by atoms with Crippen LogP contribution in [-0.4, -0.2) is 37.9 Å². The van der Waals surface area contributed by atoms with Gasteiger partial charge in [0.1, 0.15) is 0 Å². The molecule has 0 bridgehead atoms. The summed E-state index contributed by atoms with van der Waals surface area (Å²) in [6, 6.07) is 11.2. The maximum absolute atomic E-state index is 12.1. The van der Waals surface area contributed by atoms with Gasteiger partial charge in [0.05, 0.1) is 11.2 Å². The molecule has 0 amide bonds. The van der Waals surface area contributed by atoms with Crippen molar-refractivity contribution in [1.29, 1.82) is 0 Å². The van der Waals surface area contributed by atoms with Crippen LogP contribution < -0.4 is 0 Å². The Bertz CT molecular complexity index is 1180. The van der Waals surface area contributed by atoms with Gasteiger partial charge < -0.3 is 9.72 Å². The normalized spacial score (nSPS) is 11.2. The maximum atomic E-state index is 12.1. The van der Waals surface area contributed by atoms with E-state index >= 15 is 0 Å². The molecule has 0 aliphatic carbocycles. The Morgan fingerprint density at radius 2 is 1.96 bits per heavy atom. The molecular formula is C21H20N4O3. The lowest BCUT2D eigenvalue weighted by atomic mass is 10.1. The first kappa shape index (κ1) is 17.9. The van der Waals surface area contributed by atoms with Crippen LogP contribution in [0.5, 0.6) is 0 Å². The van der Waals surface area contributed by atoms with E-state index in [-0.39, 0.29) is 18.8 Å². The summed E-state index contributed by atoms with van der Waals surface area (Å²) in [5.74, 6) is -0.665. The van der Waals surface area contributed by atoms with Gasteiger partial charge in [0.15, 0.2) is 12.3 Å². The fourth-order valence-electron chi connectivity index (χ4n) is 3.37. The molecule has 0 saturated carbocycles. The van der Waals surface area contributed by atoms with Crippen molar-refractivity contribution in [3.63, 3.8) is 0 Å². The van der Waals surface area contributed by atoms with E-state index in [1.165, 1.54) is 0 Å². The number of hydrogen-bond acceptors (Lipinski definition) is 5. The van der Waals surface area contributed by atoms with Crippen molar-refractivity contribution in [2.75, 3.05) is 6.61 Å². The molecule has 0 saturated heterocycles. The number of nitrogens with one attached hydrogen (secondary N) is 1. The molecule has 0 radical (unpaired) electrons. The number of Topliss-reactive ketones (excluding diaryl/α,β-unsaturated/α-hetero) is 1. The fourth-order valence-corrected chi connectivity index (χ4v) is 3.37. The number of esters is 1. The molecule has 0 aliphatic rings. The molecule has 0 atom stereocenters. The summed E-state index contributed by atoms with van der Waals surface area (Å²) >= 11 is 0. The van der Waals surface area contributed by atoms with Crippen LogP contribution in [0.25, 0.3) is 16.6 Å². The zero-order valence-electron chi connectivity index (χ0n) is 15.7. The summed E-state index contributed by atoms with van der Waals surface area (Å²) < 4.78 is 6.94. The van der Waals surface area contributed by atoms with E-state index in [1.54, 1.807) is 18.3 Å². The van der Waals surface area contributed by atoms with Gasteiger partial charge in [0, 0.05) is 29.4 Å². The first-order valence-electron chi connectivity index (χ1n) is 9.10. The summed E-state index contributed by atoms with van der Waals surface area (Å²) in [6.45, 7) is 3.65. The second kappa shape index (κ2) is 7.26. The molecule has 0 unspecified atom stereocenters. The number of ketones is 1. The summed E-state index contributed by atoms with van der Waals surface area (Å²) in [5.41, 5.74) is 4.91. The van der Waals surface area contributed by atoms with E-state index in [0.717, 1.165) is 33.5 Å². The number of benzene rings is 1. The van der Waals surface area contributed by atoms with E-state index in [4.69, 9.17) is 9.72 Å². The van der Waals surface area contributed by atoms with Crippen molar-refractivity contribution >= 4 is 28.3 Å². The van der Waals surface area contributed by atoms with Gasteiger partial charge in [-0.15, -0.1) is 0 Å². The van der Waals surface area contributed by atoms with E-state index in [9.17, 15) is 9.59 Å². The van der Waals surface area contributed by atoms with Crippen molar-refractivity contribution < 1.29 is 14.3 Å². The van der Waals surface area contributed by atoms with Crippen molar-refractivity contribution in [3.05, 3.63) is 65.2 Å². The van der Waals surface area contributed by atoms with Crippen LogP contribution >= 0.6 is 0 Å². The first-order chi connectivity index (χ1) is 13.5. The van der Waals surface area contributed by atoms with Crippen LogP contribution in [0, 0.1) is 13.8 Å². The van der Waals surface area contributed by atoms with E-state index < -0.39 is 5.97 Å². The molecule has 0 fully saturated rings. The first-order valence-corrected chi connectivity index (χ1v) is 9.10. The molecule has 0 aliphatic heterocycles. The van der Waals surface area contributed by atoms with Gasteiger partial charge in [-0.25, -0.2) is 9.50 Å². The predicted octanol–water partition coefficient (Wildman–Crippen LogP) is 3.19. The monoisotopic (exact) mass is 376 g/mol. The number of hydrogen-bond donors (Lipinski definition) is 1. The van der Waals surface area contributed by atoms with Gasteiger partial charge in [-0.3, -0.25) is 9.59 Å². The second-order valence-corrected chi connectivity index (χ2v) is 6.68. The maximum Gasteiger partial charge on any atom is 0.306 e. The molecule has 28 heavy (non-hydrogen) atoms. The lowest BCUT2D eigenvalue weighted by molar-refractivity contribution is -0.142. The Morgan fingerprint density at radius 1 is 1.14 bits per heavy atom. The number of aromatic nitrogens is 4. The topological polar surface area (TPSA) is 89.3 Å². The van der Waals surface area contributed by atoms with Crippen molar-refractivity contribution in [2.45, 2.75) is 26.7 Å². The molecular weight excluding hydrogens is 356 g/mol. The van der Waals surface area contributed by atoms with Gasteiger partial charge in [-0.2, -0.15) is 5.10 Å². The van der Waals surface area contributed by atoms with Crippen LogP contribution in [0.4, 0.5) is 0 Å². The number of aryl methyl sites for hydroxylation is 2. The molecule has 7 heteroatoms. The minimum atomic E-state index is -0.413. The standard InChI is InChI=1S/C21H20N4O3/c1-13-15(9-10-20(27)28-12-19(26)18-8-5-11-22-18)14(2)25-21(23-13)16-6-3-4-7-17(16)24-25/h3-8,11,22H,9-10,12H2,1-2H3. The van der Waals surface area contributed by atoms with Gasteiger partial charge in [-0.05, 0) is 50.1 Å². The van der Waals surface area contributed by atoms with E-state index in [0.29, 0.717) is 12.1 Å². The molecule has 142 valence electrons. The molecule has 7 nitrogen and oxygen atoms in total. The van der Waals surface area contributed by atoms with Crippen LogP contribution in [0.3, 0.4) is 0 Å². The number of carbonyl (C=O) groups is 2. The van der Waals surface area contributed by atoms with Gasteiger partial charge >= 0.3 is 5.97 Å². The molecule has 1 N–H and O–H groups in total. The highest BCUT2D eigenvalue weighted by Crippen LogP contribution is 2.23. The highest BCUT2D eigenvalue weighted by atomic mass is 16.5. The van der Waals surface area contributed by atoms with E-state index in [2.05, 4.69) is 10.1 Å². The van der Waals surface area contributed by atoms with Crippen LogP contribution in [0.1, 0.15) is 33.9 Å². The van der Waals surface area contributed by atoms with Gasteiger partial charge in [0.2, 0.25) is 5.78 Å². The highest BCUT2D eigenvalue weighted by molar-refractivity contribution is 5.96. The number of aromatic amines is 1. The lowest BCUT2D eigenvalue weighted by Crippen LogP contribution is -2.15. The minimum absolute atomic E-state index is 0.174. The molecule has 4 aromatic rings. The van der Waals surface area contributed by atoms with Crippen molar-refractivity contribution in [2.24, 2.45) is 0 Å². The van der Waals surface area contributed by atoms with Crippen molar-refractivity contribution in [3.8, 4) is 0 Å². The molecule has 3 aromatic heterocycles. The number of fused-ring (bicyclic) bond motifs is 3. The van der Waals surface area contributed by atoms with Gasteiger partial charge in [0.25, 0.3) is 0 Å². The molecule has 4 rings (SSSR count).